The summed E-state index contributed by atoms with van der Waals surface area (Å²) in [6.07, 6.45) is 2.29. The van der Waals surface area contributed by atoms with Crippen molar-refractivity contribution in [2.45, 2.75) is 25.4 Å². The van der Waals surface area contributed by atoms with Gasteiger partial charge in [-0.2, -0.15) is 0 Å². The number of hydrogen-bond acceptors (Lipinski definition) is 5. The maximum Gasteiger partial charge on any atom is 0.254 e. The molecule has 27 heavy (non-hydrogen) atoms. The molecular formula is C20H30N4O3. The van der Waals surface area contributed by atoms with Crippen LogP contribution in [-0.2, 0) is 16.1 Å². The molecule has 2 heterocycles. The Balaban J connectivity index is 1.44. The molecule has 2 fully saturated rings. The number of carbonyl (C=O) groups excluding carboxylic acids is 2. The van der Waals surface area contributed by atoms with Gasteiger partial charge in [0.25, 0.3) is 5.91 Å². The van der Waals surface area contributed by atoms with Crippen molar-refractivity contribution < 1.29 is 14.3 Å². The van der Waals surface area contributed by atoms with Crippen LogP contribution in [0.2, 0.25) is 0 Å². The predicted molar refractivity (Wildman–Crippen MR) is 104 cm³/mol. The van der Waals surface area contributed by atoms with Crippen LogP contribution < -0.4 is 10.6 Å². The summed E-state index contributed by atoms with van der Waals surface area (Å²) in [4.78, 5) is 28.7. The molecule has 2 amide bonds. The first-order valence-corrected chi connectivity index (χ1v) is 9.78. The average Bonchev–Trinajstić information content (AvgIpc) is 2.73. The van der Waals surface area contributed by atoms with Crippen molar-refractivity contribution in [3.8, 4) is 0 Å². The second kappa shape index (κ2) is 9.82. The maximum absolute atomic E-state index is 12.4. The quantitative estimate of drug-likeness (QED) is 0.757. The summed E-state index contributed by atoms with van der Waals surface area (Å²) in [5, 5.41) is 6.27. The van der Waals surface area contributed by atoms with Gasteiger partial charge in [0.15, 0.2) is 0 Å². The van der Waals surface area contributed by atoms with Gasteiger partial charge in [-0.25, -0.2) is 0 Å². The lowest BCUT2D eigenvalue weighted by molar-refractivity contribution is -0.122. The average molecular weight is 374 g/mol. The minimum Gasteiger partial charge on any atom is -0.378 e. The van der Waals surface area contributed by atoms with Gasteiger partial charge in [0.05, 0.1) is 19.8 Å². The number of piperidine rings is 1. The Hall–Kier alpha value is -1.96. The van der Waals surface area contributed by atoms with E-state index in [0.29, 0.717) is 51.0 Å². The highest BCUT2D eigenvalue weighted by atomic mass is 16.5. The van der Waals surface area contributed by atoms with Crippen molar-refractivity contribution in [3.05, 3.63) is 35.4 Å². The number of likely N-dealkylation sites (tertiary alicyclic amines) is 1. The third-order valence-electron chi connectivity index (χ3n) is 5.27. The number of nitrogens with zero attached hydrogens (tertiary/aromatic N) is 2. The highest BCUT2D eigenvalue weighted by Crippen LogP contribution is 2.11. The SMILES string of the molecule is CNC1CCCN(CC(=O)NCc2ccc(C(=O)N3CCOCC3)cc2)C1. The Morgan fingerprint density at radius 2 is 1.89 bits per heavy atom. The zero-order valence-corrected chi connectivity index (χ0v) is 16.1. The molecule has 0 spiro atoms. The lowest BCUT2D eigenvalue weighted by Gasteiger charge is -2.31. The molecular weight excluding hydrogens is 344 g/mol. The van der Waals surface area contributed by atoms with E-state index in [1.165, 1.54) is 6.42 Å². The summed E-state index contributed by atoms with van der Waals surface area (Å²) in [6.45, 7) is 5.29. The molecule has 0 saturated carbocycles. The first-order chi connectivity index (χ1) is 13.2. The van der Waals surface area contributed by atoms with E-state index in [1.54, 1.807) is 0 Å². The van der Waals surface area contributed by atoms with Crippen LogP contribution >= 0.6 is 0 Å². The highest BCUT2D eigenvalue weighted by molar-refractivity contribution is 5.94. The molecule has 3 rings (SSSR count). The first kappa shape index (κ1) is 19.8. The molecule has 2 N–H and O–H groups in total. The number of morpholine rings is 1. The second-order valence-electron chi connectivity index (χ2n) is 7.24. The third-order valence-corrected chi connectivity index (χ3v) is 5.27. The fraction of sp³-hybridized carbons (Fsp3) is 0.600. The Morgan fingerprint density at radius 1 is 1.15 bits per heavy atom. The number of ether oxygens (including phenoxy) is 1. The topological polar surface area (TPSA) is 73.9 Å². The van der Waals surface area contributed by atoms with Crippen LogP contribution in [0.4, 0.5) is 0 Å². The number of rotatable bonds is 6. The summed E-state index contributed by atoms with van der Waals surface area (Å²) in [6, 6.07) is 7.96. The molecule has 0 aliphatic carbocycles. The summed E-state index contributed by atoms with van der Waals surface area (Å²) in [5.41, 5.74) is 1.67. The van der Waals surface area contributed by atoms with Crippen molar-refractivity contribution in [3.63, 3.8) is 0 Å². The summed E-state index contributed by atoms with van der Waals surface area (Å²) < 4.78 is 5.28. The van der Waals surface area contributed by atoms with Crippen molar-refractivity contribution in [2.75, 3.05) is 53.0 Å². The van der Waals surface area contributed by atoms with Gasteiger partial charge in [-0.3, -0.25) is 14.5 Å². The highest BCUT2D eigenvalue weighted by Gasteiger charge is 2.20. The molecule has 2 aliphatic rings. The monoisotopic (exact) mass is 374 g/mol. The van der Waals surface area contributed by atoms with E-state index in [1.807, 2.05) is 36.2 Å². The van der Waals surface area contributed by atoms with E-state index >= 15 is 0 Å². The predicted octanol–water partition coefficient (Wildman–Crippen LogP) is 0.459. The van der Waals surface area contributed by atoms with Gasteiger partial charge in [0.2, 0.25) is 5.91 Å². The van der Waals surface area contributed by atoms with Crippen molar-refractivity contribution in [1.29, 1.82) is 0 Å². The van der Waals surface area contributed by atoms with Crippen LogP contribution in [0.25, 0.3) is 0 Å². The zero-order valence-electron chi connectivity index (χ0n) is 16.1. The van der Waals surface area contributed by atoms with Crippen LogP contribution in [-0.4, -0.2) is 80.6 Å². The van der Waals surface area contributed by atoms with Gasteiger partial charge < -0.3 is 20.3 Å². The van der Waals surface area contributed by atoms with Crippen LogP contribution in [0.5, 0.6) is 0 Å². The first-order valence-electron chi connectivity index (χ1n) is 9.78. The standard InChI is InChI=1S/C20H30N4O3/c1-21-18-3-2-8-23(14-18)15-19(25)22-13-16-4-6-17(7-5-16)20(26)24-9-11-27-12-10-24/h4-7,18,21H,2-3,8-15H2,1H3,(H,22,25). The number of likely N-dealkylation sites (N-methyl/N-ethyl adjacent to an activating group) is 1. The molecule has 1 aromatic rings. The van der Waals surface area contributed by atoms with Crippen LogP contribution in [0, 0.1) is 0 Å². The third kappa shape index (κ3) is 5.76. The molecule has 2 aliphatic heterocycles. The van der Waals surface area contributed by atoms with Gasteiger partial charge in [0.1, 0.15) is 0 Å². The number of nitrogens with one attached hydrogen (secondary N) is 2. The summed E-state index contributed by atoms with van der Waals surface area (Å²) in [5.74, 6) is 0.0818. The van der Waals surface area contributed by atoms with E-state index in [0.717, 1.165) is 25.1 Å². The van der Waals surface area contributed by atoms with Crippen molar-refractivity contribution in [1.82, 2.24) is 20.4 Å². The number of hydrogen-bond donors (Lipinski definition) is 2. The van der Waals surface area contributed by atoms with E-state index in [9.17, 15) is 9.59 Å². The lowest BCUT2D eigenvalue weighted by atomic mass is 10.1. The Morgan fingerprint density at radius 3 is 2.59 bits per heavy atom. The van der Waals surface area contributed by atoms with Gasteiger partial charge in [-0.1, -0.05) is 12.1 Å². The Labute approximate surface area is 161 Å². The van der Waals surface area contributed by atoms with E-state index in [2.05, 4.69) is 15.5 Å². The minimum absolute atomic E-state index is 0.0399. The summed E-state index contributed by atoms with van der Waals surface area (Å²) in [7, 11) is 1.97. The molecule has 1 aromatic carbocycles. The number of benzene rings is 1. The fourth-order valence-electron chi connectivity index (χ4n) is 3.61. The number of carbonyl (C=O) groups is 2. The molecule has 0 bridgehead atoms. The largest absolute Gasteiger partial charge is 0.378 e. The minimum atomic E-state index is 0.0399. The lowest BCUT2D eigenvalue weighted by Crippen LogP contribution is -2.47. The molecule has 0 radical (unpaired) electrons. The molecule has 2 saturated heterocycles. The molecule has 7 heteroatoms. The van der Waals surface area contributed by atoms with Gasteiger partial charge in [-0.05, 0) is 44.1 Å². The molecule has 148 valence electrons. The van der Waals surface area contributed by atoms with Crippen LogP contribution in [0.15, 0.2) is 24.3 Å². The molecule has 1 unspecified atom stereocenters. The smallest absolute Gasteiger partial charge is 0.254 e. The van der Waals surface area contributed by atoms with Gasteiger partial charge >= 0.3 is 0 Å². The molecule has 7 nitrogen and oxygen atoms in total. The van der Waals surface area contributed by atoms with Crippen molar-refractivity contribution in [2.24, 2.45) is 0 Å². The fourth-order valence-corrected chi connectivity index (χ4v) is 3.61. The van der Waals surface area contributed by atoms with Crippen LogP contribution in [0.1, 0.15) is 28.8 Å². The van der Waals surface area contributed by atoms with Gasteiger partial charge in [0, 0.05) is 37.8 Å². The van der Waals surface area contributed by atoms with E-state index in [4.69, 9.17) is 4.74 Å². The Bertz CT molecular complexity index is 629. The summed E-state index contributed by atoms with van der Waals surface area (Å²) >= 11 is 0. The normalized spacial score (nSPS) is 21.1. The van der Waals surface area contributed by atoms with E-state index in [-0.39, 0.29) is 11.8 Å². The van der Waals surface area contributed by atoms with Gasteiger partial charge in [-0.15, -0.1) is 0 Å². The number of amides is 2. The Kier molecular flexibility index (Phi) is 7.20. The second-order valence-corrected chi connectivity index (χ2v) is 7.24. The van der Waals surface area contributed by atoms with E-state index < -0.39 is 0 Å². The zero-order chi connectivity index (χ0) is 19.1. The van der Waals surface area contributed by atoms with Crippen LogP contribution in [0.3, 0.4) is 0 Å². The maximum atomic E-state index is 12.4. The molecule has 0 aromatic heterocycles. The molecule has 1 atom stereocenters. The van der Waals surface area contributed by atoms with Crippen molar-refractivity contribution >= 4 is 11.8 Å².